The maximum absolute atomic E-state index is 12.9. The monoisotopic (exact) mass is 386 g/mol. The highest BCUT2D eigenvalue weighted by atomic mass is 16.2. The molecule has 4 nitrogen and oxygen atoms in total. The summed E-state index contributed by atoms with van der Waals surface area (Å²) in [5, 5.41) is 5.92. The Kier molecular flexibility index (Phi) is 6.45. The number of rotatable bonds is 6. The molecule has 2 amide bonds. The standard InChI is InChI=1S/C25H26N2O2/c1-4-20(19-12-6-5-7-13-19)24(28)27-23-15-9-8-14-21(23)25(29)26-22-16-10-11-17(2)18(22)3/h5-16,20H,4H2,1-3H3,(H,26,29)(H,27,28). The molecule has 0 aliphatic heterocycles. The summed E-state index contributed by atoms with van der Waals surface area (Å²) in [5.74, 6) is -0.639. The van der Waals surface area contributed by atoms with Crippen molar-refractivity contribution in [2.45, 2.75) is 33.1 Å². The van der Waals surface area contributed by atoms with Crippen LogP contribution >= 0.6 is 0 Å². The lowest BCUT2D eigenvalue weighted by Gasteiger charge is -2.17. The number of nitrogens with one attached hydrogen (secondary N) is 2. The topological polar surface area (TPSA) is 58.2 Å². The average molecular weight is 386 g/mol. The first-order valence-electron chi connectivity index (χ1n) is 9.83. The molecule has 148 valence electrons. The molecular formula is C25H26N2O2. The van der Waals surface area contributed by atoms with Gasteiger partial charge in [0.1, 0.15) is 0 Å². The molecule has 3 aromatic carbocycles. The summed E-state index contributed by atoms with van der Waals surface area (Å²) in [6.45, 7) is 5.97. The molecule has 0 saturated heterocycles. The molecule has 29 heavy (non-hydrogen) atoms. The molecule has 4 heteroatoms. The number of aryl methyl sites for hydroxylation is 1. The van der Waals surface area contributed by atoms with Crippen LogP contribution in [0.1, 0.15) is 46.3 Å². The van der Waals surface area contributed by atoms with Gasteiger partial charge in [-0.3, -0.25) is 9.59 Å². The summed E-state index contributed by atoms with van der Waals surface area (Å²) in [4.78, 5) is 25.9. The van der Waals surface area contributed by atoms with E-state index in [0.29, 0.717) is 17.7 Å². The van der Waals surface area contributed by atoms with Gasteiger partial charge in [-0.1, -0.05) is 61.5 Å². The number of hydrogen-bond donors (Lipinski definition) is 2. The van der Waals surface area contributed by atoms with Gasteiger partial charge in [0.15, 0.2) is 0 Å². The Labute approximate surface area is 172 Å². The molecule has 0 radical (unpaired) electrons. The molecule has 1 atom stereocenters. The van der Waals surface area contributed by atoms with Crippen molar-refractivity contribution in [3.63, 3.8) is 0 Å². The second-order valence-corrected chi connectivity index (χ2v) is 7.11. The highest BCUT2D eigenvalue weighted by molar-refractivity contribution is 6.10. The van der Waals surface area contributed by atoms with Crippen LogP contribution in [0.2, 0.25) is 0 Å². The van der Waals surface area contributed by atoms with E-state index in [1.807, 2.05) is 75.4 Å². The van der Waals surface area contributed by atoms with Crippen LogP contribution in [0.15, 0.2) is 72.8 Å². The SMILES string of the molecule is CCC(C(=O)Nc1ccccc1C(=O)Nc1cccc(C)c1C)c1ccccc1. The fraction of sp³-hybridized carbons (Fsp3) is 0.200. The van der Waals surface area contributed by atoms with Crippen LogP contribution in [-0.2, 0) is 4.79 Å². The molecule has 0 aliphatic carbocycles. The van der Waals surface area contributed by atoms with Crippen LogP contribution in [0.3, 0.4) is 0 Å². The Morgan fingerprint density at radius 3 is 2.17 bits per heavy atom. The fourth-order valence-corrected chi connectivity index (χ4v) is 3.34. The lowest BCUT2D eigenvalue weighted by molar-refractivity contribution is -0.117. The third kappa shape index (κ3) is 4.72. The van der Waals surface area contributed by atoms with Gasteiger partial charge in [0.2, 0.25) is 5.91 Å². The van der Waals surface area contributed by atoms with Gasteiger partial charge in [-0.15, -0.1) is 0 Å². The molecule has 0 saturated carbocycles. The fourth-order valence-electron chi connectivity index (χ4n) is 3.34. The van der Waals surface area contributed by atoms with Crippen molar-refractivity contribution in [2.75, 3.05) is 10.6 Å². The molecule has 1 unspecified atom stereocenters. The van der Waals surface area contributed by atoms with Gasteiger partial charge < -0.3 is 10.6 Å². The molecule has 0 spiro atoms. The van der Waals surface area contributed by atoms with E-state index in [-0.39, 0.29) is 17.7 Å². The molecule has 0 aromatic heterocycles. The minimum atomic E-state index is -0.272. The summed E-state index contributed by atoms with van der Waals surface area (Å²) < 4.78 is 0. The third-order valence-electron chi connectivity index (χ3n) is 5.21. The largest absolute Gasteiger partial charge is 0.325 e. The summed E-state index contributed by atoms with van der Waals surface area (Å²) in [6, 6.07) is 22.6. The number of hydrogen-bond acceptors (Lipinski definition) is 2. The summed E-state index contributed by atoms with van der Waals surface area (Å²) in [7, 11) is 0. The first-order valence-corrected chi connectivity index (χ1v) is 9.83. The molecule has 0 heterocycles. The van der Waals surface area contributed by atoms with Crippen molar-refractivity contribution in [1.29, 1.82) is 0 Å². The second kappa shape index (κ2) is 9.20. The highest BCUT2D eigenvalue weighted by Gasteiger charge is 2.21. The smallest absolute Gasteiger partial charge is 0.257 e. The average Bonchev–Trinajstić information content (AvgIpc) is 2.73. The van der Waals surface area contributed by atoms with E-state index in [1.54, 1.807) is 18.2 Å². The number of anilines is 2. The Morgan fingerprint density at radius 1 is 0.793 bits per heavy atom. The van der Waals surface area contributed by atoms with Gasteiger partial charge in [-0.25, -0.2) is 0 Å². The van der Waals surface area contributed by atoms with Crippen LogP contribution in [0.4, 0.5) is 11.4 Å². The van der Waals surface area contributed by atoms with E-state index < -0.39 is 0 Å². The van der Waals surface area contributed by atoms with Crippen molar-refractivity contribution in [3.8, 4) is 0 Å². The van der Waals surface area contributed by atoms with Crippen LogP contribution in [0.5, 0.6) is 0 Å². The van der Waals surface area contributed by atoms with E-state index in [2.05, 4.69) is 10.6 Å². The molecule has 3 aromatic rings. The lowest BCUT2D eigenvalue weighted by Crippen LogP contribution is -2.23. The van der Waals surface area contributed by atoms with Crippen LogP contribution < -0.4 is 10.6 Å². The second-order valence-electron chi connectivity index (χ2n) is 7.11. The zero-order chi connectivity index (χ0) is 20.8. The number of carbonyl (C=O) groups is 2. The first-order chi connectivity index (χ1) is 14.0. The first kappa shape index (κ1) is 20.3. The van der Waals surface area contributed by atoms with Crippen molar-refractivity contribution >= 4 is 23.2 Å². The highest BCUT2D eigenvalue weighted by Crippen LogP contribution is 2.25. The molecular weight excluding hydrogens is 360 g/mol. The van der Waals surface area contributed by atoms with E-state index in [9.17, 15) is 9.59 Å². The van der Waals surface area contributed by atoms with Crippen molar-refractivity contribution in [1.82, 2.24) is 0 Å². The summed E-state index contributed by atoms with van der Waals surface area (Å²) >= 11 is 0. The van der Waals surface area contributed by atoms with E-state index in [1.165, 1.54) is 0 Å². The van der Waals surface area contributed by atoms with Gasteiger partial charge >= 0.3 is 0 Å². The van der Waals surface area contributed by atoms with Gasteiger partial charge in [-0.2, -0.15) is 0 Å². The van der Waals surface area contributed by atoms with Crippen LogP contribution in [-0.4, -0.2) is 11.8 Å². The molecule has 3 rings (SSSR count). The maximum atomic E-state index is 12.9. The van der Waals surface area contributed by atoms with Crippen molar-refractivity contribution < 1.29 is 9.59 Å². The summed E-state index contributed by atoms with van der Waals surface area (Å²) in [5.41, 5.74) is 4.81. The van der Waals surface area contributed by atoms with E-state index in [0.717, 1.165) is 22.4 Å². The number of amides is 2. The van der Waals surface area contributed by atoms with Crippen LogP contribution in [0, 0.1) is 13.8 Å². The molecule has 0 bridgehead atoms. The Morgan fingerprint density at radius 2 is 1.45 bits per heavy atom. The zero-order valence-electron chi connectivity index (χ0n) is 17.0. The molecule has 0 aliphatic rings. The van der Waals surface area contributed by atoms with Crippen LogP contribution in [0.25, 0.3) is 0 Å². The predicted octanol–water partition coefficient (Wildman–Crippen LogP) is 5.69. The predicted molar refractivity (Wildman–Crippen MR) is 118 cm³/mol. The number of para-hydroxylation sites is 1. The zero-order valence-corrected chi connectivity index (χ0v) is 17.0. The normalized spacial score (nSPS) is 11.6. The van der Waals surface area contributed by atoms with Crippen molar-refractivity contribution in [3.05, 3.63) is 95.1 Å². The minimum Gasteiger partial charge on any atom is -0.325 e. The van der Waals surface area contributed by atoms with Gasteiger partial charge in [0.25, 0.3) is 5.91 Å². The Bertz CT molecular complexity index is 1010. The van der Waals surface area contributed by atoms with Gasteiger partial charge in [0.05, 0.1) is 17.2 Å². The van der Waals surface area contributed by atoms with E-state index >= 15 is 0 Å². The van der Waals surface area contributed by atoms with Crippen molar-refractivity contribution in [2.24, 2.45) is 0 Å². The van der Waals surface area contributed by atoms with Gasteiger partial charge in [-0.05, 0) is 55.2 Å². The quantitative estimate of drug-likeness (QED) is 0.572. The number of carbonyl (C=O) groups excluding carboxylic acids is 2. The van der Waals surface area contributed by atoms with Gasteiger partial charge in [0, 0.05) is 5.69 Å². The summed E-state index contributed by atoms with van der Waals surface area (Å²) in [6.07, 6.45) is 0.673. The third-order valence-corrected chi connectivity index (χ3v) is 5.21. The molecule has 2 N–H and O–H groups in total. The lowest BCUT2D eigenvalue weighted by atomic mass is 9.95. The molecule has 0 fully saturated rings. The number of benzene rings is 3. The maximum Gasteiger partial charge on any atom is 0.257 e. The minimum absolute atomic E-state index is 0.120. The Balaban J connectivity index is 1.82. The Hall–Kier alpha value is -3.40. The van der Waals surface area contributed by atoms with E-state index in [4.69, 9.17) is 0 Å².